The van der Waals surface area contributed by atoms with Gasteiger partial charge in [-0.3, -0.25) is 0 Å². The Labute approximate surface area is 149 Å². The van der Waals surface area contributed by atoms with Crippen LogP contribution in [0.5, 0.6) is 0 Å². The molecule has 1 heterocycles. The molecule has 1 saturated heterocycles. The van der Waals surface area contributed by atoms with Crippen molar-refractivity contribution in [3.05, 3.63) is 0 Å². The van der Waals surface area contributed by atoms with Gasteiger partial charge in [0, 0.05) is 0 Å². The third kappa shape index (κ3) is 7.06. The van der Waals surface area contributed by atoms with Gasteiger partial charge in [-0.2, -0.15) is 0 Å². The van der Waals surface area contributed by atoms with Crippen LogP contribution in [0.25, 0.3) is 0 Å². The monoisotopic (exact) mass is 394 g/mol. The van der Waals surface area contributed by atoms with E-state index in [-0.39, 0.29) is 6.61 Å². The second kappa shape index (κ2) is 7.68. The summed E-state index contributed by atoms with van der Waals surface area (Å²) in [7, 11) is -5.83. The van der Waals surface area contributed by atoms with E-state index < -0.39 is 55.3 Å². The van der Waals surface area contributed by atoms with E-state index in [1.54, 1.807) is 0 Å². The van der Waals surface area contributed by atoms with Gasteiger partial charge in [0.2, 0.25) is 0 Å². The van der Waals surface area contributed by atoms with Crippen molar-refractivity contribution in [2.45, 2.75) is 83.3 Å². The SMILES string of the molecule is C[Si](C)(C)O[C@@H]1[C@@H]([C@@H](CO)O[Si](C)(C)C)OC(=O)[C@H]1O[Si](C)(C)C. The third-order valence-corrected chi connectivity index (χ3v) is 6.08. The lowest BCUT2D eigenvalue weighted by Gasteiger charge is -2.35. The Morgan fingerprint density at radius 1 is 0.958 bits per heavy atom. The number of esters is 1. The van der Waals surface area contributed by atoms with Crippen LogP contribution in [-0.4, -0.2) is 67.1 Å². The van der Waals surface area contributed by atoms with Gasteiger partial charge in [-0.15, -0.1) is 0 Å². The fourth-order valence-electron chi connectivity index (χ4n) is 2.56. The summed E-state index contributed by atoms with van der Waals surface area (Å²) in [6.07, 6.45) is -2.50. The van der Waals surface area contributed by atoms with Gasteiger partial charge in [0.1, 0.15) is 12.2 Å². The highest BCUT2D eigenvalue weighted by atomic mass is 28.4. The van der Waals surface area contributed by atoms with Crippen LogP contribution in [0.1, 0.15) is 0 Å². The number of cyclic esters (lactones) is 1. The molecule has 0 aliphatic carbocycles. The molecule has 0 radical (unpaired) electrons. The summed E-state index contributed by atoms with van der Waals surface area (Å²) in [5.74, 6) is -0.414. The quantitative estimate of drug-likeness (QED) is 0.504. The van der Waals surface area contributed by atoms with Crippen molar-refractivity contribution in [2.24, 2.45) is 0 Å². The van der Waals surface area contributed by atoms with Gasteiger partial charge in [0.15, 0.2) is 37.2 Å². The van der Waals surface area contributed by atoms with Crippen molar-refractivity contribution in [2.75, 3.05) is 6.61 Å². The Balaban J connectivity index is 3.10. The molecule has 142 valence electrons. The molecule has 0 aromatic carbocycles. The summed E-state index contributed by atoms with van der Waals surface area (Å²) >= 11 is 0. The topological polar surface area (TPSA) is 74.2 Å². The zero-order valence-corrected chi connectivity index (χ0v) is 19.5. The first-order valence-electron chi connectivity index (χ1n) is 8.48. The van der Waals surface area contributed by atoms with E-state index in [9.17, 15) is 9.90 Å². The second-order valence-corrected chi connectivity index (χ2v) is 22.6. The highest BCUT2D eigenvalue weighted by Gasteiger charge is 2.52. The maximum atomic E-state index is 12.4. The van der Waals surface area contributed by atoms with Gasteiger partial charge in [-0.05, 0) is 58.9 Å². The maximum absolute atomic E-state index is 12.4. The molecular formula is C15H34O6Si3. The average molecular weight is 395 g/mol. The summed E-state index contributed by atoms with van der Waals surface area (Å²) in [6, 6.07) is 0. The molecule has 1 aliphatic rings. The van der Waals surface area contributed by atoms with Crippen molar-refractivity contribution >= 4 is 30.9 Å². The van der Waals surface area contributed by atoms with Crippen LogP contribution < -0.4 is 0 Å². The van der Waals surface area contributed by atoms with Gasteiger partial charge in [-0.1, -0.05) is 0 Å². The van der Waals surface area contributed by atoms with E-state index in [1.165, 1.54) is 0 Å². The molecule has 0 saturated carbocycles. The van der Waals surface area contributed by atoms with Crippen molar-refractivity contribution in [1.29, 1.82) is 0 Å². The molecule has 4 atom stereocenters. The number of carbonyl (C=O) groups is 1. The van der Waals surface area contributed by atoms with E-state index in [2.05, 4.69) is 19.6 Å². The summed E-state index contributed by atoms with van der Waals surface area (Å²) in [4.78, 5) is 12.4. The molecular weight excluding hydrogens is 360 g/mol. The minimum absolute atomic E-state index is 0.215. The lowest BCUT2D eigenvalue weighted by molar-refractivity contribution is -0.150. The first kappa shape index (κ1) is 22.0. The Hall–Kier alpha value is -0.0394. The molecule has 0 amide bonds. The van der Waals surface area contributed by atoms with Gasteiger partial charge < -0.3 is 23.1 Å². The fourth-order valence-corrected chi connectivity index (χ4v) is 5.74. The van der Waals surface area contributed by atoms with Crippen LogP contribution in [0.15, 0.2) is 0 Å². The number of hydrogen-bond acceptors (Lipinski definition) is 6. The molecule has 1 rings (SSSR count). The number of hydrogen-bond donors (Lipinski definition) is 1. The summed E-state index contributed by atoms with van der Waals surface area (Å²) < 4.78 is 23.9. The van der Waals surface area contributed by atoms with Crippen LogP contribution >= 0.6 is 0 Å². The van der Waals surface area contributed by atoms with Gasteiger partial charge in [0.05, 0.1) is 6.61 Å². The maximum Gasteiger partial charge on any atom is 0.337 e. The highest BCUT2D eigenvalue weighted by Crippen LogP contribution is 2.31. The Bertz CT molecular complexity index is 438. The molecule has 9 heteroatoms. The van der Waals surface area contributed by atoms with E-state index in [1.807, 2.05) is 39.3 Å². The number of rotatable bonds is 8. The van der Waals surface area contributed by atoms with Crippen molar-refractivity contribution in [3.63, 3.8) is 0 Å². The minimum atomic E-state index is -1.96. The van der Waals surface area contributed by atoms with Gasteiger partial charge in [-0.25, -0.2) is 4.79 Å². The Morgan fingerprint density at radius 2 is 1.46 bits per heavy atom. The lowest BCUT2D eigenvalue weighted by atomic mass is 10.1. The predicted molar refractivity (Wildman–Crippen MR) is 102 cm³/mol. The average Bonchev–Trinajstić information content (AvgIpc) is 2.60. The van der Waals surface area contributed by atoms with E-state index in [4.69, 9.17) is 18.0 Å². The van der Waals surface area contributed by atoms with Gasteiger partial charge in [0.25, 0.3) is 0 Å². The van der Waals surface area contributed by atoms with Crippen molar-refractivity contribution < 1.29 is 27.9 Å². The van der Waals surface area contributed by atoms with E-state index in [0.29, 0.717) is 0 Å². The molecule has 24 heavy (non-hydrogen) atoms. The highest BCUT2D eigenvalue weighted by molar-refractivity contribution is 6.70. The smallest absolute Gasteiger partial charge is 0.337 e. The zero-order chi connectivity index (χ0) is 18.9. The summed E-state index contributed by atoms with van der Waals surface area (Å²) in [5, 5.41) is 9.80. The molecule has 0 spiro atoms. The lowest BCUT2D eigenvalue weighted by Crippen LogP contribution is -2.52. The third-order valence-electron chi connectivity index (χ3n) is 3.13. The van der Waals surface area contributed by atoms with Gasteiger partial charge >= 0.3 is 5.97 Å². The minimum Gasteiger partial charge on any atom is -0.455 e. The molecule has 1 aliphatic heterocycles. The number of aliphatic hydroxyl groups excluding tert-OH is 1. The second-order valence-electron chi connectivity index (χ2n) is 9.20. The number of aliphatic hydroxyl groups is 1. The van der Waals surface area contributed by atoms with Crippen molar-refractivity contribution in [3.8, 4) is 0 Å². The standard InChI is InChI=1S/C15H34O6Si3/c1-22(2,3)19-11(10-16)12-13(20-23(4,5)6)14(15(17)18-12)21-24(7,8)9/h11-14,16H,10H2,1-9H3/t11-,12-,13-,14+/m1/s1. The first-order chi connectivity index (χ1) is 10.6. The van der Waals surface area contributed by atoms with Crippen LogP contribution in [0.4, 0.5) is 0 Å². The molecule has 0 aromatic heterocycles. The summed E-state index contributed by atoms with van der Waals surface area (Å²) in [6.45, 7) is 18.2. The zero-order valence-electron chi connectivity index (χ0n) is 16.5. The van der Waals surface area contributed by atoms with Crippen molar-refractivity contribution in [1.82, 2.24) is 0 Å². The van der Waals surface area contributed by atoms with Crippen LogP contribution in [0.2, 0.25) is 58.9 Å². The largest absolute Gasteiger partial charge is 0.455 e. The Kier molecular flexibility index (Phi) is 7.04. The fraction of sp³-hybridized carbons (Fsp3) is 0.933. The predicted octanol–water partition coefficient (Wildman–Crippen LogP) is 2.56. The molecule has 0 aromatic rings. The summed E-state index contributed by atoms with van der Waals surface area (Å²) in [5.41, 5.74) is 0. The van der Waals surface area contributed by atoms with E-state index >= 15 is 0 Å². The molecule has 0 bridgehead atoms. The first-order valence-corrected chi connectivity index (χ1v) is 18.7. The molecule has 1 N–H and O–H groups in total. The molecule has 0 unspecified atom stereocenters. The number of carbonyl (C=O) groups excluding carboxylic acids is 1. The van der Waals surface area contributed by atoms with Crippen LogP contribution in [0, 0.1) is 0 Å². The normalized spacial score (nSPS) is 27.2. The van der Waals surface area contributed by atoms with E-state index in [0.717, 1.165) is 0 Å². The number of ether oxygens (including phenoxy) is 1. The Morgan fingerprint density at radius 3 is 1.83 bits per heavy atom. The molecule has 1 fully saturated rings. The molecule has 6 nitrogen and oxygen atoms in total. The van der Waals surface area contributed by atoms with Crippen LogP contribution in [-0.2, 0) is 22.8 Å². The van der Waals surface area contributed by atoms with Crippen LogP contribution in [0.3, 0.4) is 0 Å².